The Bertz CT molecular complexity index is 509. The summed E-state index contributed by atoms with van der Waals surface area (Å²) in [6.45, 7) is 0. The molecular formula is C13H12F2N2S. The standard InChI is InChI=1S/C13H12F2N2S/c14-11-6-10(16)7-12(15)13(11)18-5-3-9-2-1-4-17-8-9/h1-2,4,6-8H,3,5,16H2. The maximum absolute atomic E-state index is 13.5. The van der Waals surface area contributed by atoms with Gasteiger partial charge in [-0.3, -0.25) is 4.98 Å². The highest BCUT2D eigenvalue weighted by atomic mass is 32.2. The van der Waals surface area contributed by atoms with E-state index in [1.807, 2.05) is 12.1 Å². The molecule has 0 bridgehead atoms. The first-order valence-electron chi connectivity index (χ1n) is 5.43. The van der Waals surface area contributed by atoms with E-state index in [4.69, 9.17) is 5.73 Å². The van der Waals surface area contributed by atoms with E-state index in [1.165, 1.54) is 0 Å². The van der Waals surface area contributed by atoms with Crippen molar-refractivity contribution in [3.63, 3.8) is 0 Å². The first-order chi connectivity index (χ1) is 8.66. The number of nitrogens with two attached hydrogens (primary N) is 1. The first kappa shape index (κ1) is 12.8. The number of thioether (sulfide) groups is 1. The molecule has 0 saturated heterocycles. The fraction of sp³-hybridized carbons (Fsp3) is 0.154. The zero-order chi connectivity index (χ0) is 13.0. The number of anilines is 1. The summed E-state index contributed by atoms with van der Waals surface area (Å²) in [6.07, 6.45) is 4.15. The molecule has 1 heterocycles. The second kappa shape index (κ2) is 5.82. The van der Waals surface area contributed by atoms with Crippen LogP contribution in [0.15, 0.2) is 41.6 Å². The zero-order valence-corrected chi connectivity index (χ0v) is 10.4. The Kier molecular flexibility index (Phi) is 4.15. The highest BCUT2D eigenvalue weighted by molar-refractivity contribution is 7.99. The number of aryl methyl sites for hydroxylation is 1. The molecule has 0 spiro atoms. The largest absolute Gasteiger partial charge is 0.399 e. The van der Waals surface area contributed by atoms with Crippen molar-refractivity contribution in [2.45, 2.75) is 11.3 Å². The highest BCUT2D eigenvalue weighted by Crippen LogP contribution is 2.27. The second-order valence-electron chi connectivity index (χ2n) is 3.77. The third-order valence-electron chi connectivity index (χ3n) is 2.38. The van der Waals surface area contributed by atoms with E-state index in [9.17, 15) is 8.78 Å². The Morgan fingerprint density at radius 1 is 1.22 bits per heavy atom. The van der Waals surface area contributed by atoms with Gasteiger partial charge in [0, 0.05) is 23.8 Å². The Hall–Kier alpha value is -1.62. The summed E-state index contributed by atoms with van der Waals surface area (Å²) in [7, 11) is 0. The Balaban J connectivity index is 1.99. The number of rotatable bonds is 4. The molecule has 2 N–H and O–H groups in total. The van der Waals surface area contributed by atoms with Crippen molar-refractivity contribution in [3.8, 4) is 0 Å². The van der Waals surface area contributed by atoms with Crippen LogP contribution in [0.3, 0.4) is 0 Å². The molecule has 5 heteroatoms. The quantitative estimate of drug-likeness (QED) is 0.682. The molecule has 0 aliphatic heterocycles. The minimum absolute atomic E-state index is 0.0214. The smallest absolute Gasteiger partial charge is 0.141 e. The molecule has 1 aromatic carbocycles. The predicted octanol–water partition coefficient (Wildman–Crippen LogP) is 3.28. The number of nitrogen functional groups attached to an aromatic ring is 1. The van der Waals surface area contributed by atoms with E-state index in [2.05, 4.69) is 4.98 Å². The number of hydrogen-bond acceptors (Lipinski definition) is 3. The van der Waals surface area contributed by atoms with Crippen LogP contribution in [-0.2, 0) is 6.42 Å². The molecule has 0 aliphatic carbocycles. The minimum Gasteiger partial charge on any atom is -0.399 e. The van der Waals surface area contributed by atoms with Crippen LogP contribution in [0.1, 0.15) is 5.56 Å². The molecule has 2 aromatic rings. The molecule has 94 valence electrons. The van der Waals surface area contributed by atoms with Gasteiger partial charge in [0.2, 0.25) is 0 Å². The van der Waals surface area contributed by atoms with Crippen molar-refractivity contribution < 1.29 is 8.78 Å². The van der Waals surface area contributed by atoms with Gasteiger partial charge in [0.05, 0.1) is 4.90 Å². The number of benzene rings is 1. The summed E-state index contributed by atoms with van der Waals surface area (Å²) in [5.74, 6) is -0.629. The second-order valence-corrected chi connectivity index (χ2v) is 4.88. The number of pyridine rings is 1. The van der Waals surface area contributed by atoms with E-state index < -0.39 is 11.6 Å². The van der Waals surface area contributed by atoms with Crippen molar-refractivity contribution >= 4 is 17.4 Å². The van der Waals surface area contributed by atoms with Gasteiger partial charge in [-0.05, 0) is 30.2 Å². The SMILES string of the molecule is Nc1cc(F)c(SCCc2cccnc2)c(F)c1. The number of nitrogens with zero attached hydrogens (tertiary/aromatic N) is 1. The van der Waals surface area contributed by atoms with Crippen molar-refractivity contribution in [2.24, 2.45) is 0 Å². The molecule has 0 unspecified atom stereocenters. The molecule has 18 heavy (non-hydrogen) atoms. The van der Waals surface area contributed by atoms with Gasteiger partial charge in [-0.1, -0.05) is 6.07 Å². The van der Waals surface area contributed by atoms with E-state index >= 15 is 0 Å². The summed E-state index contributed by atoms with van der Waals surface area (Å²) < 4.78 is 27.0. The monoisotopic (exact) mass is 266 g/mol. The lowest BCUT2D eigenvalue weighted by Gasteiger charge is -2.06. The molecule has 0 saturated carbocycles. The van der Waals surface area contributed by atoms with Crippen molar-refractivity contribution in [3.05, 3.63) is 53.9 Å². The lowest BCUT2D eigenvalue weighted by Crippen LogP contribution is -1.95. The van der Waals surface area contributed by atoms with Crippen LogP contribution in [0.2, 0.25) is 0 Å². The van der Waals surface area contributed by atoms with Gasteiger partial charge in [0.15, 0.2) is 0 Å². The molecule has 2 nitrogen and oxygen atoms in total. The summed E-state index contributed by atoms with van der Waals surface area (Å²) in [6, 6.07) is 6.04. The van der Waals surface area contributed by atoms with Crippen molar-refractivity contribution in [1.82, 2.24) is 4.98 Å². The van der Waals surface area contributed by atoms with E-state index in [0.717, 1.165) is 29.5 Å². The summed E-state index contributed by atoms with van der Waals surface area (Å²) >= 11 is 1.14. The number of halogens is 2. The van der Waals surface area contributed by atoms with Crippen LogP contribution in [-0.4, -0.2) is 10.7 Å². The minimum atomic E-state index is -0.608. The summed E-state index contributed by atoms with van der Waals surface area (Å²) in [5.41, 5.74) is 6.49. The van der Waals surface area contributed by atoms with E-state index in [1.54, 1.807) is 12.4 Å². The topological polar surface area (TPSA) is 38.9 Å². The zero-order valence-electron chi connectivity index (χ0n) is 9.57. The molecule has 1 aromatic heterocycles. The fourth-order valence-corrected chi connectivity index (χ4v) is 2.47. The van der Waals surface area contributed by atoms with E-state index in [-0.39, 0.29) is 10.6 Å². The molecule has 2 rings (SSSR count). The number of hydrogen-bond donors (Lipinski definition) is 1. The van der Waals surface area contributed by atoms with Crippen molar-refractivity contribution in [2.75, 3.05) is 11.5 Å². The molecule has 0 fully saturated rings. The summed E-state index contributed by atoms with van der Waals surface area (Å²) in [5, 5.41) is 0. The number of aromatic nitrogens is 1. The van der Waals surface area contributed by atoms with Gasteiger partial charge in [-0.2, -0.15) is 0 Å². The van der Waals surface area contributed by atoms with Crippen molar-refractivity contribution in [1.29, 1.82) is 0 Å². The van der Waals surface area contributed by atoms with E-state index in [0.29, 0.717) is 12.2 Å². The normalized spacial score (nSPS) is 10.6. The van der Waals surface area contributed by atoms with Gasteiger partial charge in [0.1, 0.15) is 11.6 Å². The van der Waals surface area contributed by atoms with Gasteiger partial charge < -0.3 is 5.73 Å². The Labute approximate surface area is 108 Å². The van der Waals surface area contributed by atoms with Crippen LogP contribution in [0.5, 0.6) is 0 Å². The average Bonchev–Trinajstić information content (AvgIpc) is 2.34. The van der Waals surface area contributed by atoms with Gasteiger partial charge in [0.25, 0.3) is 0 Å². The lowest BCUT2D eigenvalue weighted by molar-refractivity contribution is 0.542. The lowest BCUT2D eigenvalue weighted by atomic mass is 10.2. The maximum Gasteiger partial charge on any atom is 0.141 e. The van der Waals surface area contributed by atoms with Gasteiger partial charge in [-0.25, -0.2) is 8.78 Å². The molecule has 0 atom stereocenters. The third kappa shape index (κ3) is 3.20. The maximum atomic E-state index is 13.5. The van der Waals surface area contributed by atoms with Crippen LogP contribution in [0, 0.1) is 11.6 Å². The van der Waals surface area contributed by atoms with Gasteiger partial charge >= 0.3 is 0 Å². The molecule has 0 aliphatic rings. The van der Waals surface area contributed by atoms with Crippen LogP contribution >= 0.6 is 11.8 Å². The van der Waals surface area contributed by atoms with Gasteiger partial charge in [-0.15, -0.1) is 11.8 Å². The molecular weight excluding hydrogens is 254 g/mol. The predicted molar refractivity (Wildman–Crippen MR) is 69.4 cm³/mol. The third-order valence-corrected chi connectivity index (χ3v) is 3.47. The van der Waals surface area contributed by atoms with Crippen LogP contribution < -0.4 is 5.73 Å². The summed E-state index contributed by atoms with van der Waals surface area (Å²) in [4.78, 5) is 4.00. The first-order valence-corrected chi connectivity index (χ1v) is 6.41. The molecule has 0 radical (unpaired) electrons. The van der Waals surface area contributed by atoms with Crippen LogP contribution in [0.25, 0.3) is 0 Å². The fourth-order valence-electron chi connectivity index (χ4n) is 1.53. The highest BCUT2D eigenvalue weighted by Gasteiger charge is 2.10. The average molecular weight is 266 g/mol. The van der Waals surface area contributed by atoms with Crippen LogP contribution in [0.4, 0.5) is 14.5 Å². The Morgan fingerprint density at radius 3 is 2.56 bits per heavy atom. The Morgan fingerprint density at radius 2 is 1.94 bits per heavy atom. The molecule has 0 amide bonds.